The highest BCUT2D eigenvalue weighted by Gasteiger charge is 2.26. The Morgan fingerprint density at radius 1 is 1.60 bits per heavy atom. The van der Waals surface area contributed by atoms with E-state index in [0.29, 0.717) is 12.1 Å². The van der Waals surface area contributed by atoms with Gasteiger partial charge >= 0.3 is 5.97 Å². The maximum absolute atomic E-state index is 11.5. The molecule has 1 heterocycles. The second-order valence-corrected chi connectivity index (χ2v) is 3.33. The van der Waals surface area contributed by atoms with E-state index in [2.05, 4.69) is 4.99 Å². The highest BCUT2D eigenvalue weighted by Crippen LogP contribution is 2.20. The lowest BCUT2D eigenvalue weighted by molar-refractivity contribution is -0.137. The zero-order valence-electron chi connectivity index (χ0n) is 8.43. The summed E-state index contributed by atoms with van der Waals surface area (Å²) in [5.74, 6) is -2.31. The molecule has 0 amide bonds. The van der Waals surface area contributed by atoms with Crippen LogP contribution in [0.4, 0.5) is 0 Å². The van der Waals surface area contributed by atoms with Crippen molar-refractivity contribution >= 4 is 18.0 Å². The quantitative estimate of drug-likeness (QED) is 0.733. The normalized spacial score (nSPS) is 20.9. The van der Waals surface area contributed by atoms with Crippen LogP contribution in [-0.2, 0) is 9.59 Å². The number of carbonyl (C=O) groups is 2. The van der Waals surface area contributed by atoms with Crippen molar-refractivity contribution in [1.82, 2.24) is 0 Å². The van der Waals surface area contributed by atoms with Gasteiger partial charge in [0.2, 0.25) is 5.78 Å². The summed E-state index contributed by atoms with van der Waals surface area (Å²) in [4.78, 5) is 25.8. The molecule has 2 N–H and O–H groups in total. The molecule has 15 heavy (non-hydrogen) atoms. The Balaban J connectivity index is 2.68. The van der Waals surface area contributed by atoms with E-state index >= 15 is 0 Å². The number of ketones is 1. The molecule has 82 valence electrons. The van der Waals surface area contributed by atoms with Crippen LogP contribution in [0.1, 0.15) is 26.2 Å². The number of aliphatic carboxylic acids is 1. The molecule has 0 aliphatic carbocycles. The number of carboxylic acid groups (broad SMARTS) is 1. The van der Waals surface area contributed by atoms with Crippen LogP contribution in [0.25, 0.3) is 0 Å². The first-order chi connectivity index (χ1) is 7.06. The average Bonchev–Trinajstić information content (AvgIpc) is 2.20. The third-order valence-electron chi connectivity index (χ3n) is 2.26. The Hall–Kier alpha value is -1.65. The van der Waals surface area contributed by atoms with Crippen LogP contribution in [0, 0.1) is 5.92 Å². The van der Waals surface area contributed by atoms with Crippen molar-refractivity contribution in [3.8, 4) is 0 Å². The number of hydrogen-bond acceptors (Lipinski definition) is 4. The van der Waals surface area contributed by atoms with Gasteiger partial charge in [-0.15, -0.1) is 0 Å². The Kier molecular flexibility index (Phi) is 3.60. The molecule has 0 aromatic carbocycles. The predicted molar refractivity (Wildman–Crippen MR) is 53.8 cm³/mol. The van der Waals surface area contributed by atoms with Crippen molar-refractivity contribution in [1.29, 1.82) is 0 Å². The Morgan fingerprint density at radius 3 is 2.80 bits per heavy atom. The fourth-order valence-electron chi connectivity index (χ4n) is 1.37. The smallest absolute Gasteiger partial charge is 0.303 e. The molecule has 1 unspecified atom stereocenters. The number of aliphatic hydroxyl groups is 1. The monoisotopic (exact) mass is 211 g/mol. The van der Waals surface area contributed by atoms with Gasteiger partial charge in [0, 0.05) is 12.6 Å². The van der Waals surface area contributed by atoms with Gasteiger partial charge in [-0.2, -0.15) is 0 Å². The number of carbonyl (C=O) groups excluding carboxylic acids is 1. The number of Topliss-reactive ketones (excluding diaryl/α,β-unsaturated/α-hetero) is 1. The fraction of sp³-hybridized carbons (Fsp3) is 0.500. The molecule has 0 spiro atoms. The summed E-state index contributed by atoms with van der Waals surface area (Å²) in [7, 11) is 0. The number of nitrogens with zero attached hydrogens (tertiary/aromatic N) is 1. The van der Waals surface area contributed by atoms with E-state index in [1.165, 1.54) is 6.21 Å². The van der Waals surface area contributed by atoms with E-state index in [4.69, 9.17) is 5.11 Å². The molecule has 0 aromatic heterocycles. The summed E-state index contributed by atoms with van der Waals surface area (Å²) < 4.78 is 0. The highest BCUT2D eigenvalue weighted by molar-refractivity contribution is 6.06. The lowest BCUT2D eigenvalue weighted by Crippen LogP contribution is -2.23. The highest BCUT2D eigenvalue weighted by atomic mass is 16.4. The summed E-state index contributed by atoms with van der Waals surface area (Å²) in [5, 5.41) is 17.9. The van der Waals surface area contributed by atoms with E-state index in [-0.39, 0.29) is 18.6 Å². The van der Waals surface area contributed by atoms with Crippen LogP contribution in [0.3, 0.4) is 0 Å². The molecular formula is C10H13NO4. The van der Waals surface area contributed by atoms with Gasteiger partial charge in [0.25, 0.3) is 0 Å². The van der Waals surface area contributed by atoms with Crippen molar-refractivity contribution in [2.45, 2.75) is 26.2 Å². The van der Waals surface area contributed by atoms with Crippen molar-refractivity contribution in [3.05, 3.63) is 11.5 Å². The molecule has 0 radical (unpaired) electrons. The van der Waals surface area contributed by atoms with Crippen molar-refractivity contribution in [2.75, 3.05) is 0 Å². The maximum atomic E-state index is 11.5. The van der Waals surface area contributed by atoms with Crippen LogP contribution in [-0.4, -0.2) is 28.2 Å². The van der Waals surface area contributed by atoms with Gasteiger partial charge in [-0.1, -0.05) is 6.92 Å². The first-order valence-corrected chi connectivity index (χ1v) is 4.78. The number of hydrogen-bond donors (Lipinski definition) is 2. The van der Waals surface area contributed by atoms with Crippen LogP contribution in [0.5, 0.6) is 0 Å². The van der Waals surface area contributed by atoms with Gasteiger partial charge < -0.3 is 10.2 Å². The Bertz CT molecular complexity index is 343. The first kappa shape index (κ1) is 11.4. The summed E-state index contributed by atoms with van der Waals surface area (Å²) in [6.45, 7) is 1.79. The molecule has 0 saturated carbocycles. The van der Waals surface area contributed by atoms with Gasteiger partial charge in [-0.05, 0) is 12.8 Å². The van der Waals surface area contributed by atoms with Gasteiger partial charge in [0.1, 0.15) is 0 Å². The van der Waals surface area contributed by atoms with Crippen LogP contribution >= 0.6 is 0 Å². The molecule has 1 rings (SSSR count). The SMILES string of the molecule is CCC1=C(O)C(=O)C(CCC(=O)O)C=N1. The third-order valence-corrected chi connectivity index (χ3v) is 2.26. The molecule has 0 bridgehead atoms. The molecule has 0 aromatic rings. The van der Waals surface area contributed by atoms with Crippen LogP contribution in [0.15, 0.2) is 16.4 Å². The Labute approximate surface area is 87.1 Å². The Morgan fingerprint density at radius 2 is 2.27 bits per heavy atom. The molecule has 5 nitrogen and oxygen atoms in total. The van der Waals surface area contributed by atoms with Crippen LogP contribution < -0.4 is 0 Å². The zero-order valence-corrected chi connectivity index (χ0v) is 8.43. The summed E-state index contributed by atoms with van der Waals surface area (Å²) in [5.41, 5.74) is 0.367. The van der Waals surface area contributed by atoms with Crippen LogP contribution in [0.2, 0.25) is 0 Å². The number of aliphatic hydroxyl groups excluding tert-OH is 1. The molecule has 1 atom stereocenters. The fourth-order valence-corrected chi connectivity index (χ4v) is 1.37. The molecule has 1 aliphatic heterocycles. The van der Waals surface area contributed by atoms with Gasteiger partial charge in [0.05, 0.1) is 11.6 Å². The zero-order chi connectivity index (χ0) is 11.4. The second-order valence-electron chi connectivity index (χ2n) is 3.33. The third kappa shape index (κ3) is 2.65. The first-order valence-electron chi connectivity index (χ1n) is 4.78. The van der Waals surface area contributed by atoms with E-state index in [1.54, 1.807) is 6.92 Å². The average molecular weight is 211 g/mol. The summed E-state index contributed by atoms with van der Waals surface area (Å²) in [6, 6.07) is 0. The maximum Gasteiger partial charge on any atom is 0.303 e. The van der Waals surface area contributed by atoms with Gasteiger partial charge in [-0.25, -0.2) is 0 Å². The largest absolute Gasteiger partial charge is 0.503 e. The minimum Gasteiger partial charge on any atom is -0.503 e. The number of carboxylic acids is 1. The minimum absolute atomic E-state index is 0.100. The topological polar surface area (TPSA) is 87.0 Å². The van der Waals surface area contributed by atoms with Crippen molar-refractivity contribution in [2.24, 2.45) is 10.9 Å². The molecular weight excluding hydrogens is 198 g/mol. The minimum atomic E-state index is -0.957. The molecule has 5 heteroatoms. The number of rotatable bonds is 4. The molecule has 0 fully saturated rings. The van der Waals surface area contributed by atoms with E-state index in [0.717, 1.165) is 0 Å². The van der Waals surface area contributed by atoms with Gasteiger partial charge in [0.15, 0.2) is 5.76 Å². The lowest BCUT2D eigenvalue weighted by Gasteiger charge is -2.15. The molecule has 1 aliphatic rings. The summed E-state index contributed by atoms with van der Waals surface area (Å²) >= 11 is 0. The number of allylic oxidation sites excluding steroid dienone is 2. The van der Waals surface area contributed by atoms with E-state index in [1.807, 2.05) is 0 Å². The van der Waals surface area contributed by atoms with E-state index in [9.17, 15) is 14.7 Å². The summed E-state index contributed by atoms with van der Waals surface area (Å²) in [6.07, 6.45) is 1.99. The van der Waals surface area contributed by atoms with Crippen molar-refractivity contribution in [3.63, 3.8) is 0 Å². The number of aliphatic imine (C=N–C) groups is 1. The predicted octanol–water partition coefficient (Wildman–Crippen LogP) is 1.30. The molecule has 0 saturated heterocycles. The second kappa shape index (κ2) is 4.72. The lowest BCUT2D eigenvalue weighted by atomic mass is 9.95. The van der Waals surface area contributed by atoms with E-state index < -0.39 is 17.7 Å². The standard InChI is InChI=1S/C10H13NO4/c1-2-7-10(15)9(14)6(5-11-7)3-4-8(12)13/h5-6,15H,2-4H2,1H3,(H,12,13). The van der Waals surface area contributed by atoms with Gasteiger partial charge in [-0.3, -0.25) is 14.6 Å². The van der Waals surface area contributed by atoms with Crippen molar-refractivity contribution < 1.29 is 19.8 Å².